The number of benzene rings is 8. The summed E-state index contributed by atoms with van der Waals surface area (Å²) in [4.78, 5) is 10.6. The molecule has 0 spiro atoms. The fraction of sp³-hybridized carbons (Fsp3) is 0.0545. The predicted octanol–water partition coefficient (Wildman–Crippen LogP) is 15.2. The van der Waals surface area contributed by atoms with E-state index in [2.05, 4.69) is 202 Å². The summed E-state index contributed by atoms with van der Waals surface area (Å²) in [6.07, 6.45) is 0. The standard InChI is InChI=1S/C55H38N2S/c1-55(2)47-26-15-23-42(36-18-8-4-9-19-36)52(47)46-29-28-38(33-48(46)55)49-34-50(57-54(56-49)37-20-10-5-11-21-37)41-31-39(35-16-6-3-7-17-35)30-40(32-41)43-24-14-25-45-44-22-12-13-27-51(44)58-53(43)45/h3-34H,1-2H3. The van der Waals surface area contributed by atoms with E-state index >= 15 is 0 Å². The summed E-state index contributed by atoms with van der Waals surface area (Å²) in [6.45, 7) is 4.70. The van der Waals surface area contributed by atoms with Crippen LogP contribution >= 0.6 is 11.3 Å². The van der Waals surface area contributed by atoms with Crippen molar-refractivity contribution in [3.63, 3.8) is 0 Å². The van der Waals surface area contributed by atoms with E-state index in [1.54, 1.807) is 0 Å². The summed E-state index contributed by atoms with van der Waals surface area (Å²) >= 11 is 1.86. The molecule has 2 nitrogen and oxygen atoms in total. The lowest BCUT2D eigenvalue weighted by Crippen LogP contribution is -2.15. The van der Waals surface area contributed by atoms with E-state index in [9.17, 15) is 0 Å². The van der Waals surface area contributed by atoms with E-state index < -0.39 is 0 Å². The van der Waals surface area contributed by atoms with Crippen LogP contribution in [-0.4, -0.2) is 9.97 Å². The zero-order chi connectivity index (χ0) is 38.8. The molecule has 11 rings (SSSR count). The van der Waals surface area contributed by atoms with Crippen molar-refractivity contribution in [1.82, 2.24) is 9.97 Å². The Morgan fingerprint density at radius 1 is 0.379 bits per heavy atom. The van der Waals surface area contributed by atoms with Gasteiger partial charge in [-0.05, 0) is 92.0 Å². The molecule has 1 aliphatic rings. The molecule has 0 saturated carbocycles. The smallest absolute Gasteiger partial charge is 0.160 e. The molecule has 0 unspecified atom stereocenters. The van der Waals surface area contributed by atoms with Crippen molar-refractivity contribution >= 4 is 31.5 Å². The topological polar surface area (TPSA) is 25.8 Å². The van der Waals surface area contributed by atoms with Crippen LogP contribution in [0.15, 0.2) is 194 Å². The van der Waals surface area contributed by atoms with Gasteiger partial charge < -0.3 is 0 Å². The van der Waals surface area contributed by atoms with Crippen molar-refractivity contribution in [1.29, 1.82) is 0 Å². The van der Waals surface area contributed by atoms with Crippen molar-refractivity contribution < 1.29 is 0 Å². The molecule has 3 heteroatoms. The Balaban J connectivity index is 1.11. The summed E-state index contributed by atoms with van der Waals surface area (Å²) in [5.74, 6) is 0.709. The van der Waals surface area contributed by atoms with E-state index in [-0.39, 0.29) is 5.41 Å². The van der Waals surface area contributed by atoms with Crippen LogP contribution in [0.3, 0.4) is 0 Å². The van der Waals surface area contributed by atoms with Crippen LogP contribution in [0.25, 0.3) is 98.6 Å². The van der Waals surface area contributed by atoms with Crippen LogP contribution in [-0.2, 0) is 5.41 Å². The average molecular weight is 759 g/mol. The first-order valence-corrected chi connectivity index (χ1v) is 20.7. The lowest BCUT2D eigenvalue weighted by molar-refractivity contribution is 0.660. The number of thiophene rings is 1. The molecule has 274 valence electrons. The third kappa shape index (κ3) is 5.69. The monoisotopic (exact) mass is 758 g/mol. The van der Waals surface area contributed by atoms with Gasteiger partial charge in [0.25, 0.3) is 0 Å². The van der Waals surface area contributed by atoms with E-state index in [0.29, 0.717) is 5.82 Å². The molecule has 0 saturated heterocycles. The van der Waals surface area contributed by atoms with Gasteiger partial charge in [0.05, 0.1) is 11.4 Å². The highest BCUT2D eigenvalue weighted by Crippen LogP contribution is 2.53. The van der Waals surface area contributed by atoms with Gasteiger partial charge in [-0.1, -0.05) is 172 Å². The molecule has 0 bridgehead atoms. The molecular weight excluding hydrogens is 721 g/mol. The number of nitrogens with zero attached hydrogens (tertiary/aromatic N) is 2. The van der Waals surface area contributed by atoms with Gasteiger partial charge in [-0.15, -0.1) is 11.3 Å². The summed E-state index contributed by atoms with van der Waals surface area (Å²) in [7, 11) is 0. The minimum atomic E-state index is -0.184. The van der Waals surface area contributed by atoms with Crippen molar-refractivity contribution in [2.75, 3.05) is 0 Å². The third-order valence-electron chi connectivity index (χ3n) is 11.9. The van der Waals surface area contributed by atoms with Gasteiger partial charge in [-0.2, -0.15) is 0 Å². The van der Waals surface area contributed by atoms with Crippen LogP contribution in [0.2, 0.25) is 0 Å². The Labute approximate surface area is 342 Å². The van der Waals surface area contributed by atoms with E-state index in [1.807, 2.05) is 17.4 Å². The maximum absolute atomic E-state index is 5.34. The van der Waals surface area contributed by atoms with Crippen molar-refractivity contribution in [2.24, 2.45) is 0 Å². The second-order valence-corrected chi connectivity index (χ2v) is 16.8. The minimum Gasteiger partial charge on any atom is -0.228 e. The fourth-order valence-corrected chi connectivity index (χ4v) is 10.2. The van der Waals surface area contributed by atoms with Crippen molar-refractivity contribution in [2.45, 2.75) is 19.3 Å². The number of rotatable bonds is 6. The van der Waals surface area contributed by atoms with Gasteiger partial charge in [-0.3, -0.25) is 0 Å². The van der Waals surface area contributed by atoms with Gasteiger partial charge in [0.15, 0.2) is 5.82 Å². The van der Waals surface area contributed by atoms with Gasteiger partial charge in [0.1, 0.15) is 0 Å². The lowest BCUT2D eigenvalue weighted by atomic mass is 9.81. The quantitative estimate of drug-likeness (QED) is 0.169. The molecule has 0 fully saturated rings. The molecule has 0 aliphatic heterocycles. The zero-order valence-corrected chi connectivity index (χ0v) is 33.1. The van der Waals surface area contributed by atoms with Gasteiger partial charge in [-0.25, -0.2) is 9.97 Å². The summed E-state index contributed by atoms with van der Waals surface area (Å²) in [5.41, 5.74) is 17.2. The number of hydrogen-bond acceptors (Lipinski definition) is 3. The highest BCUT2D eigenvalue weighted by molar-refractivity contribution is 7.26. The van der Waals surface area contributed by atoms with Crippen molar-refractivity contribution in [3.05, 3.63) is 205 Å². The van der Waals surface area contributed by atoms with Crippen LogP contribution in [0.5, 0.6) is 0 Å². The molecule has 0 atom stereocenters. The third-order valence-corrected chi connectivity index (χ3v) is 13.1. The number of hydrogen-bond donors (Lipinski definition) is 0. The Morgan fingerprint density at radius 3 is 1.76 bits per heavy atom. The zero-order valence-electron chi connectivity index (χ0n) is 32.3. The number of fused-ring (bicyclic) bond motifs is 6. The predicted molar refractivity (Wildman–Crippen MR) is 245 cm³/mol. The molecular formula is C55H38N2S. The molecule has 2 heterocycles. The first-order chi connectivity index (χ1) is 28.5. The maximum Gasteiger partial charge on any atom is 0.160 e. The minimum absolute atomic E-state index is 0.184. The summed E-state index contributed by atoms with van der Waals surface area (Å²) in [6, 6.07) is 70.1. The first kappa shape index (κ1) is 34.3. The molecule has 10 aromatic rings. The Bertz CT molecular complexity index is 3180. The molecule has 0 amide bonds. The summed E-state index contributed by atoms with van der Waals surface area (Å²) in [5, 5.41) is 2.59. The second-order valence-electron chi connectivity index (χ2n) is 15.8. The molecule has 8 aromatic carbocycles. The van der Waals surface area contributed by atoms with Crippen LogP contribution in [0.1, 0.15) is 25.0 Å². The molecule has 0 radical (unpaired) electrons. The average Bonchev–Trinajstić information content (AvgIpc) is 3.78. The SMILES string of the molecule is CC1(C)c2cc(-c3cc(-c4cc(-c5ccccc5)cc(-c5cccc6c5sc5ccccc56)c4)nc(-c4ccccc4)n3)ccc2-c2c(-c3ccccc3)cccc21. The molecule has 58 heavy (non-hydrogen) atoms. The second kappa shape index (κ2) is 13.6. The Hall–Kier alpha value is -6.94. The van der Waals surface area contributed by atoms with Gasteiger partial charge >= 0.3 is 0 Å². The fourth-order valence-electron chi connectivity index (χ4n) is 8.97. The van der Waals surface area contributed by atoms with E-state index in [1.165, 1.54) is 70.2 Å². The Kier molecular flexibility index (Phi) is 8.06. The van der Waals surface area contributed by atoms with Crippen LogP contribution in [0, 0.1) is 0 Å². The van der Waals surface area contributed by atoms with E-state index in [4.69, 9.17) is 9.97 Å². The van der Waals surface area contributed by atoms with Crippen molar-refractivity contribution in [3.8, 4) is 78.4 Å². The normalized spacial score (nSPS) is 12.8. The van der Waals surface area contributed by atoms with E-state index in [0.717, 1.165) is 33.6 Å². The number of aromatic nitrogens is 2. The summed E-state index contributed by atoms with van der Waals surface area (Å²) < 4.78 is 2.60. The molecule has 0 N–H and O–H groups in total. The highest BCUT2D eigenvalue weighted by Gasteiger charge is 2.37. The molecule has 1 aliphatic carbocycles. The van der Waals surface area contributed by atoms with Crippen LogP contribution < -0.4 is 0 Å². The first-order valence-electron chi connectivity index (χ1n) is 19.9. The van der Waals surface area contributed by atoms with Gasteiger partial charge in [0, 0.05) is 42.3 Å². The molecule has 2 aromatic heterocycles. The maximum atomic E-state index is 5.34. The Morgan fingerprint density at radius 2 is 0.983 bits per heavy atom. The highest BCUT2D eigenvalue weighted by atomic mass is 32.1. The lowest BCUT2D eigenvalue weighted by Gasteiger charge is -2.22. The largest absolute Gasteiger partial charge is 0.228 e. The van der Waals surface area contributed by atoms with Gasteiger partial charge in [0.2, 0.25) is 0 Å². The van der Waals surface area contributed by atoms with Crippen LogP contribution in [0.4, 0.5) is 0 Å².